The highest BCUT2D eigenvalue weighted by molar-refractivity contribution is 4.93. The van der Waals surface area contributed by atoms with Crippen LogP contribution in [-0.4, -0.2) is 0 Å². The first-order chi connectivity index (χ1) is 10.7. The summed E-state index contributed by atoms with van der Waals surface area (Å²) in [5.74, 6) is 2.54. The minimum atomic E-state index is 0.727. The predicted octanol–water partition coefficient (Wildman–Crippen LogP) is 7.95. The van der Waals surface area contributed by atoms with Gasteiger partial charge in [-0.25, -0.2) is 0 Å². The summed E-state index contributed by atoms with van der Waals surface area (Å²) in [6.45, 7) is 13.2. The maximum absolute atomic E-state index is 3.79. The highest BCUT2D eigenvalue weighted by atomic mass is 14.2. The van der Waals surface area contributed by atoms with Gasteiger partial charge < -0.3 is 0 Å². The molecule has 0 radical (unpaired) electrons. The van der Waals surface area contributed by atoms with Crippen molar-refractivity contribution in [3.8, 4) is 0 Å². The molecule has 0 fully saturated rings. The van der Waals surface area contributed by atoms with E-state index in [-0.39, 0.29) is 0 Å². The second kappa shape index (κ2) is 15.4. The Kier molecular flexibility index (Phi) is 15.0. The van der Waals surface area contributed by atoms with Gasteiger partial charge in [-0.1, -0.05) is 104 Å². The van der Waals surface area contributed by atoms with E-state index in [9.17, 15) is 0 Å². The molecule has 0 aliphatic rings. The topological polar surface area (TPSA) is 0 Å². The quantitative estimate of drug-likeness (QED) is 0.213. The third-order valence-corrected chi connectivity index (χ3v) is 5.11. The molecule has 0 aromatic heterocycles. The molecule has 0 aromatic carbocycles. The van der Waals surface area contributed by atoms with E-state index in [2.05, 4.69) is 46.4 Å². The maximum Gasteiger partial charge on any atom is -0.0172 e. The van der Waals surface area contributed by atoms with E-state index in [0.717, 1.165) is 24.2 Å². The first kappa shape index (κ1) is 21.5. The summed E-state index contributed by atoms with van der Waals surface area (Å²) in [5.41, 5.74) is 0. The molecular formula is C22H42. The second-order valence-corrected chi connectivity index (χ2v) is 7.22. The zero-order chi connectivity index (χ0) is 16.6. The smallest absolute Gasteiger partial charge is 0.0172 e. The number of hydrogen-bond donors (Lipinski definition) is 0. The molecule has 0 saturated heterocycles. The molecule has 22 heavy (non-hydrogen) atoms. The predicted molar refractivity (Wildman–Crippen MR) is 103 cm³/mol. The molecule has 0 amide bonds. The van der Waals surface area contributed by atoms with Gasteiger partial charge in [-0.3, -0.25) is 0 Å². The molecule has 0 rings (SSSR count). The molecule has 0 bridgehead atoms. The standard InChI is InChI=1S/C22H42/c1-6-9-13-18-21(5)22(16-7-2)19-15-12-10-11-14-17-20(4)8-3/h6,13,18,20-22H,1,7-12,14-17,19H2,2-5H3. The molecule has 0 N–H and O–H groups in total. The van der Waals surface area contributed by atoms with Gasteiger partial charge >= 0.3 is 0 Å². The van der Waals surface area contributed by atoms with Gasteiger partial charge in [0, 0.05) is 0 Å². The Morgan fingerprint density at radius 2 is 1.50 bits per heavy atom. The van der Waals surface area contributed by atoms with Crippen LogP contribution in [0.15, 0.2) is 24.8 Å². The first-order valence-electron chi connectivity index (χ1n) is 9.93. The summed E-state index contributed by atoms with van der Waals surface area (Å²) in [4.78, 5) is 0. The van der Waals surface area contributed by atoms with E-state index in [1.54, 1.807) is 0 Å². The third-order valence-electron chi connectivity index (χ3n) is 5.11. The number of unbranched alkanes of at least 4 members (excludes halogenated alkanes) is 4. The normalized spacial score (nSPS) is 15.8. The number of allylic oxidation sites excluding steroid dienone is 3. The molecule has 0 spiro atoms. The van der Waals surface area contributed by atoms with Gasteiger partial charge in [0.05, 0.1) is 0 Å². The lowest BCUT2D eigenvalue weighted by atomic mass is 9.85. The summed E-state index contributed by atoms with van der Waals surface area (Å²) in [6.07, 6.45) is 21.8. The summed E-state index contributed by atoms with van der Waals surface area (Å²) in [5, 5.41) is 0. The summed E-state index contributed by atoms with van der Waals surface area (Å²) in [7, 11) is 0. The average Bonchev–Trinajstić information content (AvgIpc) is 2.52. The average molecular weight is 307 g/mol. The van der Waals surface area contributed by atoms with Crippen LogP contribution in [-0.2, 0) is 0 Å². The highest BCUT2D eigenvalue weighted by Crippen LogP contribution is 2.25. The van der Waals surface area contributed by atoms with Crippen molar-refractivity contribution < 1.29 is 0 Å². The first-order valence-corrected chi connectivity index (χ1v) is 9.93. The number of hydrogen-bond acceptors (Lipinski definition) is 0. The van der Waals surface area contributed by atoms with E-state index in [4.69, 9.17) is 0 Å². The third kappa shape index (κ3) is 12.1. The molecule has 0 aliphatic heterocycles. The second-order valence-electron chi connectivity index (χ2n) is 7.22. The van der Waals surface area contributed by atoms with Crippen LogP contribution in [0.4, 0.5) is 0 Å². The van der Waals surface area contributed by atoms with Crippen molar-refractivity contribution in [2.45, 2.75) is 98.3 Å². The minimum Gasteiger partial charge on any atom is -0.103 e. The largest absolute Gasteiger partial charge is 0.103 e. The Hall–Kier alpha value is -0.520. The van der Waals surface area contributed by atoms with E-state index in [0.29, 0.717) is 0 Å². The molecule has 0 aliphatic carbocycles. The highest BCUT2D eigenvalue weighted by Gasteiger charge is 2.13. The number of rotatable bonds is 15. The molecule has 3 atom stereocenters. The lowest BCUT2D eigenvalue weighted by Gasteiger charge is -2.21. The van der Waals surface area contributed by atoms with Gasteiger partial charge in [0.15, 0.2) is 0 Å². The Balaban J connectivity index is 3.79. The van der Waals surface area contributed by atoms with Crippen molar-refractivity contribution in [2.24, 2.45) is 17.8 Å². The lowest BCUT2D eigenvalue weighted by molar-refractivity contribution is 0.346. The van der Waals surface area contributed by atoms with E-state index in [1.165, 1.54) is 64.2 Å². The van der Waals surface area contributed by atoms with Crippen molar-refractivity contribution in [2.75, 3.05) is 0 Å². The van der Waals surface area contributed by atoms with E-state index >= 15 is 0 Å². The van der Waals surface area contributed by atoms with Crippen LogP contribution in [0, 0.1) is 17.8 Å². The van der Waals surface area contributed by atoms with Gasteiger partial charge in [0.2, 0.25) is 0 Å². The summed E-state index contributed by atoms with van der Waals surface area (Å²) >= 11 is 0. The Morgan fingerprint density at radius 3 is 2.09 bits per heavy atom. The molecule has 0 heteroatoms. The van der Waals surface area contributed by atoms with Crippen molar-refractivity contribution in [3.05, 3.63) is 24.8 Å². The molecule has 0 heterocycles. The van der Waals surface area contributed by atoms with Crippen LogP contribution in [0.2, 0.25) is 0 Å². The van der Waals surface area contributed by atoms with Gasteiger partial charge in [0.25, 0.3) is 0 Å². The zero-order valence-electron chi connectivity index (χ0n) is 15.9. The van der Waals surface area contributed by atoms with Crippen LogP contribution in [0.1, 0.15) is 98.3 Å². The van der Waals surface area contributed by atoms with Gasteiger partial charge in [-0.2, -0.15) is 0 Å². The molecular weight excluding hydrogens is 264 g/mol. The Labute approximate surface area is 141 Å². The van der Waals surface area contributed by atoms with Crippen LogP contribution in [0.3, 0.4) is 0 Å². The summed E-state index contributed by atoms with van der Waals surface area (Å²) in [6, 6.07) is 0. The van der Waals surface area contributed by atoms with Crippen molar-refractivity contribution in [3.63, 3.8) is 0 Å². The fourth-order valence-electron chi connectivity index (χ4n) is 3.22. The lowest BCUT2D eigenvalue weighted by Crippen LogP contribution is -2.09. The molecule has 130 valence electrons. The van der Waals surface area contributed by atoms with E-state index < -0.39 is 0 Å². The van der Waals surface area contributed by atoms with Crippen LogP contribution >= 0.6 is 0 Å². The van der Waals surface area contributed by atoms with E-state index in [1.807, 2.05) is 6.08 Å². The fraction of sp³-hybridized carbons (Fsp3) is 0.818. The van der Waals surface area contributed by atoms with Crippen LogP contribution in [0.5, 0.6) is 0 Å². The van der Waals surface area contributed by atoms with Crippen LogP contribution < -0.4 is 0 Å². The van der Waals surface area contributed by atoms with Crippen LogP contribution in [0.25, 0.3) is 0 Å². The van der Waals surface area contributed by atoms with Crippen molar-refractivity contribution >= 4 is 0 Å². The minimum absolute atomic E-state index is 0.727. The summed E-state index contributed by atoms with van der Waals surface area (Å²) < 4.78 is 0. The monoisotopic (exact) mass is 306 g/mol. The molecule has 0 aromatic rings. The zero-order valence-corrected chi connectivity index (χ0v) is 15.9. The fourth-order valence-corrected chi connectivity index (χ4v) is 3.22. The maximum atomic E-state index is 3.79. The SMILES string of the molecule is C=CCC=CC(C)C(CCC)CCCCCCCC(C)CC. The van der Waals surface area contributed by atoms with Gasteiger partial charge in [0.1, 0.15) is 0 Å². The van der Waals surface area contributed by atoms with Gasteiger partial charge in [-0.05, 0) is 30.6 Å². The Bertz CT molecular complexity index is 263. The molecule has 0 nitrogen and oxygen atoms in total. The van der Waals surface area contributed by atoms with Crippen molar-refractivity contribution in [1.82, 2.24) is 0 Å². The van der Waals surface area contributed by atoms with Gasteiger partial charge in [-0.15, -0.1) is 6.58 Å². The van der Waals surface area contributed by atoms with Crippen molar-refractivity contribution in [1.29, 1.82) is 0 Å². The Morgan fingerprint density at radius 1 is 0.864 bits per heavy atom. The molecule has 3 unspecified atom stereocenters. The molecule has 0 saturated carbocycles.